The van der Waals surface area contributed by atoms with E-state index in [4.69, 9.17) is 4.74 Å². The number of ether oxygens (including phenoxy) is 1. The van der Waals surface area contributed by atoms with E-state index >= 15 is 0 Å². The zero-order valence-electron chi connectivity index (χ0n) is 14.2. The van der Waals surface area contributed by atoms with Gasteiger partial charge >= 0.3 is 0 Å². The molecule has 6 heteroatoms. The zero-order valence-corrected chi connectivity index (χ0v) is 14.2. The summed E-state index contributed by atoms with van der Waals surface area (Å²) in [6.45, 7) is 1.30. The number of pyridine rings is 1. The molecule has 0 radical (unpaired) electrons. The molecule has 26 heavy (non-hydrogen) atoms. The second kappa shape index (κ2) is 5.69. The van der Waals surface area contributed by atoms with Crippen LogP contribution in [0.5, 0.6) is 5.75 Å². The molecule has 6 nitrogen and oxygen atoms in total. The number of benzene rings is 1. The minimum Gasteiger partial charge on any atom is -0.482 e. The van der Waals surface area contributed by atoms with Crippen molar-refractivity contribution in [2.24, 2.45) is 0 Å². The first-order chi connectivity index (χ1) is 12.7. The maximum absolute atomic E-state index is 12.8. The molecule has 0 bridgehead atoms. The number of rotatable bonds is 1. The average Bonchev–Trinajstić information content (AvgIpc) is 3.16. The number of amides is 1. The number of hydrogen-bond acceptors (Lipinski definition) is 4. The Balaban J connectivity index is 1.32. The normalized spacial score (nSPS) is 17.9. The first-order valence-corrected chi connectivity index (χ1v) is 8.79. The fraction of sp³-hybridized carbons (Fsp3) is 0.250. The molecule has 1 aromatic carbocycles. The number of aromatic amines is 1. The van der Waals surface area contributed by atoms with Crippen LogP contribution in [0.25, 0.3) is 17.1 Å². The van der Waals surface area contributed by atoms with Gasteiger partial charge in [-0.1, -0.05) is 24.3 Å². The number of piperidine rings is 1. The van der Waals surface area contributed by atoms with E-state index in [1.807, 2.05) is 29.2 Å². The van der Waals surface area contributed by atoms with E-state index in [9.17, 15) is 4.79 Å². The Morgan fingerprint density at radius 3 is 2.88 bits per heavy atom. The van der Waals surface area contributed by atoms with E-state index in [-0.39, 0.29) is 11.5 Å². The molecular weight excluding hydrogens is 328 g/mol. The lowest BCUT2D eigenvalue weighted by Gasteiger charge is -2.41. The van der Waals surface area contributed by atoms with Crippen molar-refractivity contribution in [1.29, 1.82) is 0 Å². The van der Waals surface area contributed by atoms with Gasteiger partial charge in [-0.05, 0) is 24.3 Å². The number of H-pyrrole nitrogens is 1. The van der Waals surface area contributed by atoms with Gasteiger partial charge in [0.15, 0.2) is 0 Å². The second-order valence-electron chi connectivity index (χ2n) is 6.83. The van der Waals surface area contributed by atoms with Crippen molar-refractivity contribution in [2.45, 2.75) is 18.4 Å². The van der Waals surface area contributed by atoms with Gasteiger partial charge in [0.1, 0.15) is 22.6 Å². The standard InChI is InChI=1S/C20H18N4O2/c25-19(16-6-5-15-17(22-16)13-21-23-15)24-11-9-20(10-12-24)8-7-14-3-1-2-4-18(14)26-20/h1-8,13H,9-12H2,(H,21,23). The van der Waals surface area contributed by atoms with E-state index < -0.39 is 0 Å². The van der Waals surface area contributed by atoms with Crippen LogP contribution >= 0.6 is 0 Å². The lowest BCUT2D eigenvalue weighted by molar-refractivity contribution is 0.0326. The van der Waals surface area contributed by atoms with Crippen molar-refractivity contribution < 1.29 is 9.53 Å². The number of fused-ring (bicyclic) bond motifs is 2. The van der Waals surface area contributed by atoms with Gasteiger partial charge in [0.2, 0.25) is 0 Å². The fourth-order valence-corrected chi connectivity index (χ4v) is 3.67. The molecule has 0 aliphatic carbocycles. The van der Waals surface area contributed by atoms with Crippen molar-refractivity contribution in [3.05, 3.63) is 59.9 Å². The molecule has 1 N–H and O–H groups in total. The third-order valence-corrected chi connectivity index (χ3v) is 5.21. The van der Waals surface area contributed by atoms with Crippen molar-refractivity contribution in [3.8, 4) is 5.75 Å². The summed E-state index contributed by atoms with van der Waals surface area (Å²) in [5, 5.41) is 6.80. The molecule has 3 aromatic rings. The highest BCUT2D eigenvalue weighted by Gasteiger charge is 2.38. The zero-order chi connectivity index (χ0) is 17.6. The largest absolute Gasteiger partial charge is 0.482 e. The number of nitrogens with one attached hydrogen (secondary N) is 1. The molecule has 2 aliphatic heterocycles. The Kier molecular flexibility index (Phi) is 3.31. The van der Waals surface area contributed by atoms with Crippen LogP contribution in [0.3, 0.4) is 0 Å². The van der Waals surface area contributed by atoms with Crippen molar-refractivity contribution >= 4 is 23.0 Å². The highest BCUT2D eigenvalue weighted by Crippen LogP contribution is 2.37. The van der Waals surface area contributed by atoms with Crippen LogP contribution in [0.4, 0.5) is 0 Å². The van der Waals surface area contributed by atoms with Crippen LogP contribution in [-0.2, 0) is 0 Å². The maximum atomic E-state index is 12.8. The smallest absolute Gasteiger partial charge is 0.272 e. The summed E-state index contributed by atoms with van der Waals surface area (Å²) in [6, 6.07) is 11.6. The van der Waals surface area contributed by atoms with Crippen LogP contribution in [0.1, 0.15) is 28.9 Å². The molecule has 0 saturated carbocycles. The Morgan fingerprint density at radius 1 is 1.15 bits per heavy atom. The van der Waals surface area contributed by atoms with Gasteiger partial charge in [-0.15, -0.1) is 0 Å². The van der Waals surface area contributed by atoms with E-state index in [0.717, 1.165) is 29.7 Å². The van der Waals surface area contributed by atoms with E-state index in [0.29, 0.717) is 24.3 Å². The molecule has 130 valence electrons. The van der Waals surface area contributed by atoms with Crippen LogP contribution in [0.2, 0.25) is 0 Å². The lowest BCUT2D eigenvalue weighted by atomic mass is 9.88. The lowest BCUT2D eigenvalue weighted by Crippen LogP contribution is -2.49. The summed E-state index contributed by atoms with van der Waals surface area (Å²) in [6.07, 6.45) is 7.46. The van der Waals surface area contributed by atoms with Gasteiger partial charge < -0.3 is 9.64 Å². The van der Waals surface area contributed by atoms with Crippen LogP contribution < -0.4 is 4.74 Å². The Morgan fingerprint density at radius 2 is 2.00 bits per heavy atom. The van der Waals surface area contributed by atoms with Gasteiger partial charge in [0.25, 0.3) is 5.91 Å². The monoisotopic (exact) mass is 346 g/mol. The summed E-state index contributed by atoms with van der Waals surface area (Å²) in [7, 11) is 0. The summed E-state index contributed by atoms with van der Waals surface area (Å²) < 4.78 is 6.29. The molecule has 0 unspecified atom stereocenters. The molecular formula is C20H18N4O2. The summed E-state index contributed by atoms with van der Waals surface area (Å²) >= 11 is 0. The number of carbonyl (C=O) groups excluding carboxylic acids is 1. The topological polar surface area (TPSA) is 71.1 Å². The molecule has 1 amide bonds. The summed E-state index contributed by atoms with van der Waals surface area (Å²) in [4.78, 5) is 19.1. The predicted molar refractivity (Wildman–Crippen MR) is 97.9 cm³/mol. The minimum absolute atomic E-state index is 0.0388. The molecule has 1 fully saturated rings. The van der Waals surface area contributed by atoms with Gasteiger partial charge in [0, 0.05) is 31.5 Å². The van der Waals surface area contributed by atoms with Crippen LogP contribution in [0.15, 0.2) is 48.7 Å². The van der Waals surface area contributed by atoms with Crippen LogP contribution in [0, 0.1) is 0 Å². The Bertz CT molecular complexity index is 1020. The maximum Gasteiger partial charge on any atom is 0.272 e. The fourth-order valence-electron chi connectivity index (χ4n) is 3.67. The number of hydrogen-bond donors (Lipinski definition) is 1. The molecule has 4 heterocycles. The SMILES string of the molecule is O=C(c1ccc2[nH]ncc2n1)N1CCC2(C=Cc3ccccc3O2)CC1. The third kappa shape index (κ3) is 2.45. The highest BCUT2D eigenvalue weighted by atomic mass is 16.5. The first-order valence-electron chi connectivity index (χ1n) is 8.79. The molecule has 2 aliphatic rings. The molecule has 2 aromatic heterocycles. The molecule has 1 spiro atoms. The van der Waals surface area contributed by atoms with E-state index in [1.54, 1.807) is 12.3 Å². The molecule has 5 rings (SSSR count). The molecule has 0 atom stereocenters. The third-order valence-electron chi connectivity index (χ3n) is 5.21. The number of carbonyl (C=O) groups is 1. The number of nitrogens with zero attached hydrogens (tertiary/aromatic N) is 3. The van der Waals surface area contributed by atoms with Gasteiger partial charge in [0.05, 0.1) is 11.7 Å². The number of para-hydroxylation sites is 1. The number of aromatic nitrogens is 3. The average molecular weight is 346 g/mol. The van der Waals surface area contributed by atoms with Crippen molar-refractivity contribution in [1.82, 2.24) is 20.1 Å². The van der Waals surface area contributed by atoms with Gasteiger partial charge in [-0.25, -0.2) is 4.98 Å². The van der Waals surface area contributed by atoms with E-state index in [2.05, 4.69) is 33.4 Å². The number of likely N-dealkylation sites (tertiary alicyclic amines) is 1. The quantitative estimate of drug-likeness (QED) is 0.735. The van der Waals surface area contributed by atoms with Gasteiger partial charge in [-0.3, -0.25) is 9.89 Å². The summed E-state index contributed by atoms with van der Waals surface area (Å²) in [5.41, 5.74) is 2.79. The Labute approximate surface area is 150 Å². The minimum atomic E-state index is -0.312. The van der Waals surface area contributed by atoms with Crippen molar-refractivity contribution in [2.75, 3.05) is 13.1 Å². The molecule has 1 saturated heterocycles. The van der Waals surface area contributed by atoms with E-state index in [1.165, 1.54) is 0 Å². The van der Waals surface area contributed by atoms with Gasteiger partial charge in [-0.2, -0.15) is 5.10 Å². The predicted octanol–water partition coefficient (Wildman–Crippen LogP) is 3.04. The summed E-state index contributed by atoms with van der Waals surface area (Å²) in [5.74, 6) is 0.880. The first kappa shape index (κ1) is 15.1. The highest BCUT2D eigenvalue weighted by molar-refractivity contribution is 5.94. The second-order valence-corrected chi connectivity index (χ2v) is 6.83. The van der Waals surface area contributed by atoms with Crippen molar-refractivity contribution in [3.63, 3.8) is 0 Å². The van der Waals surface area contributed by atoms with Crippen LogP contribution in [-0.4, -0.2) is 44.7 Å². The Hall–Kier alpha value is -3.15.